The summed E-state index contributed by atoms with van der Waals surface area (Å²) in [5, 5.41) is 24.6. The average Bonchev–Trinajstić information content (AvgIpc) is 3.02. The van der Waals surface area contributed by atoms with Gasteiger partial charge in [-0.15, -0.1) is 11.3 Å². The second kappa shape index (κ2) is 9.73. The predicted molar refractivity (Wildman–Crippen MR) is 118 cm³/mol. The number of ether oxygens (including phenoxy) is 2. The predicted octanol–water partition coefficient (Wildman–Crippen LogP) is 4.26. The van der Waals surface area contributed by atoms with E-state index in [2.05, 4.69) is 5.32 Å². The number of hydrogen-bond donors (Lipinski definition) is 1. The molecule has 1 heterocycles. The van der Waals surface area contributed by atoms with Crippen molar-refractivity contribution in [2.75, 3.05) is 11.9 Å². The van der Waals surface area contributed by atoms with Crippen LogP contribution in [0, 0.1) is 27.2 Å². The molecule has 0 fully saturated rings. The SMILES string of the molecule is CCOC(=O)c1c(NC(=O)c2ccc([N+](=O)[O-])cc2[N+](=O)[O-])sc(C(=O)OC(C)(C)C)c1C. The smallest absolute Gasteiger partial charge is 0.349 e. The first-order valence-corrected chi connectivity index (χ1v) is 10.4. The summed E-state index contributed by atoms with van der Waals surface area (Å²) in [5.74, 6) is -2.54. The van der Waals surface area contributed by atoms with Gasteiger partial charge in [-0.25, -0.2) is 9.59 Å². The molecule has 1 amide bonds. The van der Waals surface area contributed by atoms with Crippen LogP contribution < -0.4 is 5.32 Å². The molecular formula is C20H21N3O9S. The number of benzene rings is 1. The van der Waals surface area contributed by atoms with Gasteiger partial charge in [0.1, 0.15) is 21.0 Å². The Labute approximate surface area is 191 Å². The lowest BCUT2D eigenvalue weighted by Gasteiger charge is -2.19. The number of hydrogen-bond acceptors (Lipinski definition) is 10. The van der Waals surface area contributed by atoms with E-state index < -0.39 is 50.2 Å². The summed E-state index contributed by atoms with van der Waals surface area (Å²) in [6.07, 6.45) is 0. The lowest BCUT2D eigenvalue weighted by molar-refractivity contribution is -0.394. The van der Waals surface area contributed by atoms with Crippen LogP contribution in [0.15, 0.2) is 18.2 Å². The molecule has 12 nitrogen and oxygen atoms in total. The number of amides is 1. The van der Waals surface area contributed by atoms with Gasteiger partial charge in [0.25, 0.3) is 17.3 Å². The number of carbonyl (C=O) groups excluding carboxylic acids is 3. The number of thiophene rings is 1. The molecule has 0 aliphatic rings. The molecule has 0 saturated carbocycles. The second-order valence-electron chi connectivity index (χ2n) is 7.65. The van der Waals surface area contributed by atoms with Crippen molar-refractivity contribution in [3.05, 3.63) is 60.0 Å². The van der Waals surface area contributed by atoms with Gasteiger partial charge in [-0.3, -0.25) is 25.0 Å². The maximum Gasteiger partial charge on any atom is 0.349 e. The van der Waals surface area contributed by atoms with Gasteiger partial charge in [-0.2, -0.15) is 0 Å². The fourth-order valence-electron chi connectivity index (χ4n) is 2.72. The number of nitrogens with zero attached hydrogens (tertiary/aromatic N) is 2. The quantitative estimate of drug-likeness (QED) is 0.346. The minimum absolute atomic E-state index is 0.0249. The third-order valence-corrected chi connectivity index (χ3v) is 5.26. The third kappa shape index (κ3) is 5.88. The van der Waals surface area contributed by atoms with E-state index in [0.29, 0.717) is 6.07 Å². The van der Waals surface area contributed by atoms with Crippen molar-refractivity contribution in [2.24, 2.45) is 0 Å². The van der Waals surface area contributed by atoms with E-state index >= 15 is 0 Å². The van der Waals surface area contributed by atoms with Gasteiger partial charge in [-0.1, -0.05) is 0 Å². The summed E-state index contributed by atoms with van der Waals surface area (Å²) in [6, 6.07) is 2.54. The van der Waals surface area contributed by atoms with Gasteiger partial charge in [-0.05, 0) is 46.2 Å². The number of nitrogens with one attached hydrogen (secondary N) is 1. The van der Waals surface area contributed by atoms with Crippen LogP contribution in [0.5, 0.6) is 0 Å². The summed E-state index contributed by atoms with van der Waals surface area (Å²) in [5.41, 5.74) is -2.53. The van der Waals surface area contributed by atoms with Crippen LogP contribution in [0.3, 0.4) is 0 Å². The van der Waals surface area contributed by atoms with E-state index in [4.69, 9.17) is 9.47 Å². The Kier molecular flexibility index (Phi) is 7.49. The standard InChI is InChI=1S/C20H21N3O9S/c1-6-31-18(25)14-10(2)15(19(26)32-20(3,4)5)33-17(14)21-16(24)12-8-7-11(22(27)28)9-13(12)23(29)30/h7-9H,6H2,1-5H3,(H,21,24). The molecule has 0 radical (unpaired) electrons. The lowest BCUT2D eigenvalue weighted by atomic mass is 10.1. The topological polar surface area (TPSA) is 168 Å². The molecular weight excluding hydrogens is 458 g/mol. The van der Waals surface area contributed by atoms with Crippen molar-refractivity contribution in [3.8, 4) is 0 Å². The van der Waals surface area contributed by atoms with Crippen LogP contribution >= 0.6 is 11.3 Å². The molecule has 13 heteroatoms. The Bertz CT molecular complexity index is 1150. The Morgan fingerprint density at radius 1 is 1.09 bits per heavy atom. The van der Waals surface area contributed by atoms with E-state index in [1.54, 1.807) is 27.7 Å². The number of rotatable bonds is 7. The van der Waals surface area contributed by atoms with Gasteiger partial charge >= 0.3 is 11.9 Å². The van der Waals surface area contributed by atoms with Crippen molar-refractivity contribution in [1.82, 2.24) is 0 Å². The van der Waals surface area contributed by atoms with Gasteiger partial charge in [0, 0.05) is 6.07 Å². The van der Waals surface area contributed by atoms with E-state index in [1.807, 2.05) is 0 Å². The molecule has 0 aliphatic carbocycles. The summed E-state index contributed by atoms with van der Waals surface area (Å²) < 4.78 is 10.4. The highest BCUT2D eigenvalue weighted by Crippen LogP contribution is 2.36. The molecule has 0 aliphatic heterocycles. The van der Waals surface area contributed by atoms with Gasteiger partial charge in [0.05, 0.1) is 28.1 Å². The van der Waals surface area contributed by atoms with Crippen molar-refractivity contribution in [3.63, 3.8) is 0 Å². The second-order valence-corrected chi connectivity index (χ2v) is 8.67. The minimum atomic E-state index is -1.00. The number of esters is 2. The summed E-state index contributed by atoms with van der Waals surface area (Å²) in [6.45, 7) is 8.07. The highest BCUT2D eigenvalue weighted by atomic mass is 32.1. The third-order valence-electron chi connectivity index (χ3n) is 4.07. The summed E-state index contributed by atoms with van der Waals surface area (Å²) >= 11 is 0.749. The first-order valence-electron chi connectivity index (χ1n) is 9.54. The summed E-state index contributed by atoms with van der Waals surface area (Å²) in [4.78, 5) is 58.5. The van der Waals surface area contributed by atoms with Crippen molar-refractivity contribution < 1.29 is 33.7 Å². The number of non-ortho nitro benzene ring substituents is 1. The summed E-state index contributed by atoms with van der Waals surface area (Å²) in [7, 11) is 0. The van der Waals surface area contributed by atoms with Crippen LogP contribution in [0.25, 0.3) is 0 Å². The number of nitro groups is 2. The van der Waals surface area contributed by atoms with Crippen molar-refractivity contribution in [2.45, 2.75) is 40.2 Å². The Morgan fingerprint density at radius 2 is 1.73 bits per heavy atom. The van der Waals surface area contributed by atoms with Crippen LogP contribution in [0.1, 0.15) is 63.6 Å². The van der Waals surface area contributed by atoms with Gasteiger partial charge < -0.3 is 14.8 Å². The molecule has 0 spiro atoms. The van der Waals surface area contributed by atoms with Gasteiger partial charge in [0.15, 0.2) is 0 Å². The fraction of sp³-hybridized carbons (Fsp3) is 0.350. The monoisotopic (exact) mass is 479 g/mol. The minimum Gasteiger partial charge on any atom is -0.462 e. The van der Waals surface area contributed by atoms with Crippen molar-refractivity contribution in [1.29, 1.82) is 0 Å². The normalized spacial score (nSPS) is 10.9. The van der Waals surface area contributed by atoms with E-state index in [-0.39, 0.29) is 27.6 Å². The van der Waals surface area contributed by atoms with Gasteiger partial charge in [0.2, 0.25) is 0 Å². The highest BCUT2D eigenvalue weighted by molar-refractivity contribution is 7.18. The molecule has 0 unspecified atom stereocenters. The average molecular weight is 479 g/mol. The first kappa shape index (κ1) is 25.4. The van der Waals surface area contributed by atoms with Crippen LogP contribution in [-0.4, -0.2) is 39.9 Å². The molecule has 33 heavy (non-hydrogen) atoms. The number of nitro benzene ring substituents is 2. The largest absolute Gasteiger partial charge is 0.462 e. The number of carbonyl (C=O) groups is 3. The highest BCUT2D eigenvalue weighted by Gasteiger charge is 2.31. The Hall–Kier alpha value is -3.87. The molecule has 0 saturated heterocycles. The Morgan fingerprint density at radius 3 is 2.24 bits per heavy atom. The van der Waals surface area contributed by atoms with E-state index in [9.17, 15) is 34.6 Å². The fourth-order valence-corrected chi connectivity index (χ4v) is 3.78. The van der Waals surface area contributed by atoms with Crippen LogP contribution in [0.4, 0.5) is 16.4 Å². The maximum absolute atomic E-state index is 12.8. The lowest BCUT2D eigenvalue weighted by Crippen LogP contribution is -2.23. The zero-order chi connectivity index (χ0) is 25.1. The van der Waals surface area contributed by atoms with E-state index in [0.717, 1.165) is 23.5 Å². The molecule has 1 aromatic heterocycles. The zero-order valence-corrected chi connectivity index (χ0v) is 19.2. The van der Waals surface area contributed by atoms with Crippen LogP contribution in [-0.2, 0) is 9.47 Å². The number of anilines is 1. The molecule has 0 atom stereocenters. The van der Waals surface area contributed by atoms with E-state index in [1.165, 1.54) is 6.92 Å². The maximum atomic E-state index is 12.8. The molecule has 1 N–H and O–H groups in total. The van der Waals surface area contributed by atoms with Crippen LogP contribution in [0.2, 0.25) is 0 Å². The first-order chi connectivity index (χ1) is 15.3. The molecule has 2 aromatic rings. The molecule has 176 valence electrons. The molecule has 1 aromatic carbocycles. The Balaban J connectivity index is 2.54. The molecule has 2 rings (SSSR count). The van der Waals surface area contributed by atoms with Crippen molar-refractivity contribution >= 4 is 45.6 Å². The molecule has 0 bridgehead atoms. The zero-order valence-electron chi connectivity index (χ0n) is 18.4.